The van der Waals surface area contributed by atoms with Crippen molar-refractivity contribution in [3.8, 4) is 0 Å². The predicted octanol–water partition coefficient (Wildman–Crippen LogP) is 2.73. The van der Waals surface area contributed by atoms with Gasteiger partial charge in [-0.15, -0.1) is 0 Å². The lowest BCUT2D eigenvalue weighted by Gasteiger charge is -2.28. The van der Waals surface area contributed by atoms with Crippen LogP contribution in [0.3, 0.4) is 0 Å². The van der Waals surface area contributed by atoms with Crippen LogP contribution in [0.4, 0.5) is 17.3 Å². The fourth-order valence-electron chi connectivity index (χ4n) is 2.64. The first-order valence-electron chi connectivity index (χ1n) is 6.72. The Kier molecular flexibility index (Phi) is 4.19. The average Bonchev–Trinajstić information content (AvgIpc) is 2.65. The summed E-state index contributed by atoms with van der Waals surface area (Å²) in [5.41, 5.74) is 5.66. The zero-order valence-electron chi connectivity index (χ0n) is 11.2. The number of pyridine rings is 1. The lowest BCUT2D eigenvalue weighted by Crippen LogP contribution is -2.31. The molecule has 0 aromatic carbocycles. The minimum atomic E-state index is -0.428. The summed E-state index contributed by atoms with van der Waals surface area (Å²) in [6.07, 6.45) is 7.18. The van der Waals surface area contributed by atoms with Gasteiger partial charge in [0.25, 0.3) is 5.69 Å². The molecule has 0 bridgehead atoms. The van der Waals surface area contributed by atoms with Crippen LogP contribution in [0.1, 0.15) is 38.5 Å². The number of rotatable bonds is 3. The van der Waals surface area contributed by atoms with E-state index in [2.05, 4.69) is 4.98 Å². The third-order valence-electron chi connectivity index (χ3n) is 3.76. The second kappa shape index (κ2) is 5.86. The van der Waals surface area contributed by atoms with E-state index in [1.54, 1.807) is 0 Å². The van der Waals surface area contributed by atoms with Gasteiger partial charge in [-0.1, -0.05) is 25.7 Å². The molecular formula is C13H20N4O2. The first-order valence-corrected chi connectivity index (χ1v) is 6.72. The Hall–Kier alpha value is -1.85. The molecule has 0 saturated heterocycles. The molecule has 1 heterocycles. The predicted molar refractivity (Wildman–Crippen MR) is 75.2 cm³/mol. The number of nitrogens with two attached hydrogens (primary N) is 1. The van der Waals surface area contributed by atoms with E-state index in [9.17, 15) is 10.1 Å². The molecule has 1 aromatic heterocycles. The maximum atomic E-state index is 10.9. The highest BCUT2D eigenvalue weighted by Crippen LogP contribution is 2.27. The Balaban J connectivity index is 2.21. The van der Waals surface area contributed by atoms with Gasteiger partial charge in [0.1, 0.15) is 11.6 Å². The van der Waals surface area contributed by atoms with E-state index in [1.165, 1.54) is 37.8 Å². The molecule has 1 saturated carbocycles. The van der Waals surface area contributed by atoms with Crippen LogP contribution in [0.25, 0.3) is 0 Å². The number of nitrogen functional groups attached to an aromatic ring is 1. The van der Waals surface area contributed by atoms with Gasteiger partial charge in [0.05, 0.1) is 17.1 Å². The zero-order valence-corrected chi connectivity index (χ0v) is 11.2. The Morgan fingerprint density at radius 1 is 1.32 bits per heavy atom. The third-order valence-corrected chi connectivity index (χ3v) is 3.76. The van der Waals surface area contributed by atoms with Crippen LogP contribution in [0.2, 0.25) is 0 Å². The van der Waals surface area contributed by atoms with Crippen LogP contribution in [-0.2, 0) is 0 Å². The van der Waals surface area contributed by atoms with Crippen LogP contribution in [0.15, 0.2) is 12.1 Å². The van der Waals surface area contributed by atoms with Crippen molar-refractivity contribution < 1.29 is 4.92 Å². The summed E-state index contributed by atoms with van der Waals surface area (Å²) >= 11 is 0. The van der Waals surface area contributed by atoms with Crippen molar-refractivity contribution in [2.75, 3.05) is 17.7 Å². The van der Waals surface area contributed by atoms with Crippen LogP contribution < -0.4 is 10.6 Å². The molecule has 0 atom stereocenters. The summed E-state index contributed by atoms with van der Waals surface area (Å²) < 4.78 is 0. The van der Waals surface area contributed by atoms with Crippen molar-refractivity contribution in [2.24, 2.45) is 0 Å². The van der Waals surface area contributed by atoms with Gasteiger partial charge in [-0.3, -0.25) is 10.1 Å². The van der Waals surface area contributed by atoms with Gasteiger partial charge in [0.2, 0.25) is 0 Å². The molecule has 6 nitrogen and oxygen atoms in total. The topological polar surface area (TPSA) is 85.3 Å². The Labute approximate surface area is 112 Å². The lowest BCUT2D eigenvalue weighted by molar-refractivity contribution is -0.384. The summed E-state index contributed by atoms with van der Waals surface area (Å²) in [4.78, 5) is 16.7. The van der Waals surface area contributed by atoms with Crippen LogP contribution >= 0.6 is 0 Å². The first kappa shape index (κ1) is 13.6. The van der Waals surface area contributed by atoms with Gasteiger partial charge in [0, 0.05) is 13.1 Å². The van der Waals surface area contributed by atoms with E-state index in [4.69, 9.17) is 5.73 Å². The van der Waals surface area contributed by atoms with Gasteiger partial charge in [-0.05, 0) is 12.8 Å². The molecule has 1 aromatic rings. The molecule has 0 aliphatic heterocycles. The number of anilines is 2. The Morgan fingerprint density at radius 3 is 2.53 bits per heavy atom. The summed E-state index contributed by atoms with van der Waals surface area (Å²) in [5, 5.41) is 10.9. The highest BCUT2D eigenvalue weighted by molar-refractivity contribution is 5.54. The number of aromatic nitrogens is 1. The second-order valence-electron chi connectivity index (χ2n) is 5.12. The fourth-order valence-corrected chi connectivity index (χ4v) is 2.64. The average molecular weight is 264 g/mol. The molecule has 0 unspecified atom stereocenters. The van der Waals surface area contributed by atoms with Gasteiger partial charge in [-0.2, -0.15) is 0 Å². The second-order valence-corrected chi connectivity index (χ2v) is 5.12. The monoisotopic (exact) mass is 264 g/mol. The molecule has 1 aliphatic carbocycles. The molecule has 104 valence electrons. The van der Waals surface area contributed by atoms with Gasteiger partial charge < -0.3 is 10.6 Å². The molecule has 2 N–H and O–H groups in total. The van der Waals surface area contributed by atoms with E-state index < -0.39 is 4.92 Å². The minimum absolute atomic E-state index is 0.00275. The lowest BCUT2D eigenvalue weighted by atomic mass is 10.1. The van der Waals surface area contributed by atoms with E-state index in [0.29, 0.717) is 11.9 Å². The van der Waals surface area contributed by atoms with Crippen LogP contribution in [0.5, 0.6) is 0 Å². The summed E-state index contributed by atoms with van der Waals surface area (Å²) in [6, 6.07) is 3.20. The molecule has 0 amide bonds. The quantitative estimate of drug-likeness (QED) is 0.515. The summed E-state index contributed by atoms with van der Waals surface area (Å²) in [5.74, 6) is 0.795. The van der Waals surface area contributed by atoms with Gasteiger partial charge in [0.15, 0.2) is 0 Å². The fraction of sp³-hybridized carbons (Fsp3) is 0.615. The molecule has 0 spiro atoms. The first-order chi connectivity index (χ1) is 9.08. The van der Waals surface area contributed by atoms with Crippen molar-refractivity contribution in [2.45, 2.75) is 44.6 Å². The van der Waals surface area contributed by atoms with Crippen molar-refractivity contribution in [1.82, 2.24) is 4.98 Å². The smallest absolute Gasteiger partial charge is 0.276 e. The van der Waals surface area contributed by atoms with Gasteiger partial charge >= 0.3 is 0 Å². The Bertz CT molecular complexity index is 456. The molecular weight excluding hydrogens is 244 g/mol. The number of nitro groups is 1. The molecule has 1 fully saturated rings. The SMILES string of the molecule is CN(c1cc([N+](=O)[O-])cc(N)n1)C1CCCCCC1. The normalized spacial score (nSPS) is 16.9. The van der Waals surface area contributed by atoms with Crippen LogP contribution in [-0.4, -0.2) is 23.0 Å². The largest absolute Gasteiger partial charge is 0.383 e. The van der Waals surface area contributed by atoms with Crippen molar-refractivity contribution >= 4 is 17.3 Å². The summed E-state index contributed by atoms with van der Waals surface area (Å²) in [7, 11) is 1.95. The maximum Gasteiger partial charge on any atom is 0.276 e. The van der Waals surface area contributed by atoms with Crippen molar-refractivity contribution in [3.63, 3.8) is 0 Å². The Morgan fingerprint density at radius 2 is 1.95 bits per heavy atom. The third kappa shape index (κ3) is 3.33. The van der Waals surface area contributed by atoms with Crippen LogP contribution in [0, 0.1) is 10.1 Å². The minimum Gasteiger partial charge on any atom is -0.383 e. The molecule has 2 rings (SSSR count). The highest BCUT2D eigenvalue weighted by atomic mass is 16.6. The zero-order chi connectivity index (χ0) is 13.8. The molecule has 6 heteroatoms. The van der Waals surface area contributed by atoms with Crippen molar-refractivity contribution in [3.05, 3.63) is 22.2 Å². The van der Waals surface area contributed by atoms with Crippen molar-refractivity contribution in [1.29, 1.82) is 0 Å². The number of nitrogens with zero attached hydrogens (tertiary/aromatic N) is 3. The van der Waals surface area contributed by atoms with E-state index in [0.717, 1.165) is 12.8 Å². The molecule has 19 heavy (non-hydrogen) atoms. The van der Waals surface area contributed by atoms with E-state index >= 15 is 0 Å². The maximum absolute atomic E-state index is 10.9. The number of hydrogen-bond acceptors (Lipinski definition) is 5. The molecule has 1 aliphatic rings. The van der Waals surface area contributed by atoms with Gasteiger partial charge in [-0.25, -0.2) is 4.98 Å². The molecule has 0 radical (unpaired) electrons. The van der Waals surface area contributed by atoms with E-state index in [-0.39, 0.29) is 11.5 Å². The summed E-state index contributed by atoms with van der Waals surface area (Å²) in [6.45, 7) is 0. The highest BCUT2D eigenvalue weighted by Gasteiger charge is 2.20. The standard InChI is InChI=1S/C13H20N4O2/c1-16(10-6-4-2-3-5-7-10)13-9-11(17(18)19)8-12(14)15-13/h8-10H,2-7H2,1H3,(H2,14,15). The van der Waals surface area contributed by atoms with E-state index in [1.807, 2.05) is 11.9 Å². The number of hydrogen-bond donors (Lipinski definition) is 1.